The van der Waals surface area contributed by atoms with Crippen LogP contribution < -0.4 is 0 Å². The van der Waals surface area contributed by atoms with Crippen LogP contribution in [0.3, 0.4) is 0 Å². The molecule has 0 N–H and O–H groups in total. The van der Waals surface area contributed by atoms with Gasteiger partial charge in [-0.1, -0.05) is 5.16 Å². The summed E-state index contributed by atoms with van der Waals surface area (Å²) in [7, 11) is 0. The molecule has 9 heteroatoms. The van der Waals surface area contributed by atoms with Gasteiger partial charge in [-0.15, -0.1) is 0 Å². The van der Waals surface area contributed by atoms with E-state index in [9.17, 15) is 22.8 Å². The normalized spacial score (nSPS) is 18.5. The summed E-state index contributed by atoms with van der Waals surface area (Å²) < 4.78 is 42.6. The lowest BCUT2D eigenvalue weighted by atomic mass is 9.96. The van der Waals surface area contributed by atoms with Crippen molar-refractivity contribution < 1.29 is 27.3 Å². The van der Waals surface area contributed by atoms with Crippen LogP contribution in [0.1, 0.15) is 36.0 Å². The molecule has 1 unspecified atom stereocenters. The Bertz CT molecular complexity index is 600. The van der Waals surface area contributed by atoms with Gasteiger partial charge in [-0.3, -0.25) is 9.59 Å². The largest absolute Gasteiger partial charge is 0.406 e. The molecule has 2 amide bonds. The third kappa shape index (κ3) is 4.48. The maximum atomic E-state index is 12.6. The molecular formula is C15H20F3N3O3. The van der Waals surface area contributed by atoms with Gasteiger partial charge >= 0.3 is 6.18 Å². The highest BCUT2D eigenvalue weighted by Crippen LogP contribution is 2.23. The second-order valence-electron chi connectivity index (χ2n) is 5.89. The summed E-state index contributed by atoms with van der Waals surface area (Å²) >= 11 is 0. The number of halogens is 3. The number of carbonyl (C=O) groups is 2. The van der Waals surface area contributed by atoms with Crippen molar-refractivity contribution in [3.8, 4) is 0 Å². The number of hydrogen-bond acceptors (Lipinski definition) is 4. The Morgan fingerprint density at radius 1 is 1.46 bits per heavy atom. The standard InChI is InChI=1S/C15H20F3N3O3/c1-3-20(9-15(16,17)18)13(22)11-5-4-6-21(8-11)14(23)12-7-10(2)19-24-12/h7,11H,3-6,8-9H2,1-2H3. The molecule has 1 aliphatic rings. The van der Waals surface area contributed by atoms with E-state index in [4.69, 9.17) is 4.52 Å². The lowest BCUT2D eigenvalue weighted by molar-refractivity contribution is -0.164. The van der Waals surface area contributed by atoms with Crippen LogP contribution in [0, 0.1) is 12.8 Å². The van der Waals surface area contributed by atoms with Crippen molar-refractivity contribution in [3.63, 3.8) is 0 Å². The number of amides is 2. The van der Waals surface area contributed by atoms with E-state index in [2.05, 4.69) is 5.16 Å². The first-order chi connectivity index (χ1) is 11.2. The summed E-state index contributed by atoms with van der Waals surface area (Å²) in [6.45, 7) is 2.42. The molecule has 1 aliphatic heterocycles. The van der Waals surface area contributed by atoms with E-state index < -0.39 is 30.5 Å². The van der Waals surface area contributed by atoms with Crippen LogP contribution in [0.15, 0.2) is 10.6 Å². The molecule has 2 rings (SSSR count). The fraction of sp³-hybridized carbons (Fsp3) is 0.667. The van der Waals surface area contributed by atoms with Crippen LogP contribution in [0.2, 0.25) is 0 Å². The van der Waals surface area contributed by atoms with Gasteiger partial charge in [-0.2, -0.15) is 13.2 Å². The SMILES string of the molecule is CCN(CC(F)(F)F)C(=O)C1CCCN(C(=O)c2cc(C)no2)C1. The smallest absolute Gasteiger partial charge is 0.351 e. The van der Waals surface area contributed by atoms with Crippen molar-refractivity contribution in [2.24, 2.45) is 5.92 Å². The average molecular weight is 347 g/mol. The fourth-order valence-corrected chi connectivity index (χ4v) is 2.80. The van der Waals surface area contributed by atoms with Crippen molar-refractivity contribution in [3.05, 3.63) is 17.5 Å². The minimum atomic E-state index is -4.44. The Labute approximate surface area is 137 Å². The highest BCUT2D eigenvalue weighted by molar-refractivity contribution is 5.92. The van der Waals surface area contributed by atoms with Gasteiger partial charge in [0.25, 0.3) is 5.91 Å². The van der Waals surface area contributed by atoms with E-state index in [0.717, 1.165) is 4.90 Å². The number of carbonyl (C=O) groups excluding carboxylic acids is 2. The average Bonchev–Trinajstić information content (AvgIpc) is 2.97. The van der Waals surface area contributed by atoms with Gasteiger partial charge in [0.1, 0.15) is 6.54 Å². The number of rotatable bonds is 4. The molecular weight excluding hydrogens is 327 g/mol. The zero-order chi connectivity index (χ0) is 17.9. The second-order valence-corrected chi connectivity index (χ2v) is 5.89. The van der Waals surface area contributed by atoms with Gasteiger partial charge in [0.2, 0.25) is 11.7 Å². The quantitative estimate of drug-likeness (QED) is 0.838. The van der Waals surface area contributed by atoms with Crippen molar-refractivity contribution in [1.29, 1.82) is 0 Å². The molecule has 0 aromatic carbocycles. The van der Waals surface area contributed by atoms with Crippen molar-refractivity contribution >= 4 is 11.8 Å². The Balaban J connectivity index is 2.04. The van der Waals surface area contributed by atoms with Crippen molar-refractivity contribution in [2.75, 3.05) is 26.2 Å². The van der Waals surface area contributed by atoms with Crippen LogP contribution >= 0.6 is 0 Å². The minimum Gasteiger partial charge on any atom is -0.351 e. The number of likely N-dealkylation sites (tertiary alicyclic amines) is 1. The van der Waals surface area contributed by atoms with Gasteiger partial charge in [-0.05, 0) is 26.7 Å². The Kier molecular flexibility index (Phi) is 5.51. The Morgan fingerprint density at radius 3 is 2.71 bits per heavy atom. The summed E-state index contributed by atoms with van der Waals surface area (Å²) in [5.41, 5.74) is 0.560. The molecule has 0 bridgehead atoms. The lowest BCUT2D eigenvalue weighted by Gasteiger charge is -2.34. The van der Waals surface area contributed by atoms with Crippen LogP contribution in [0.25, 0.3) is 0 Å². The van der Waals surface area contributed by atoms with Crippen molar-refractivity contribution in [2.45, 2.75) is 32.9 Å². The first kappa shape index (κ1) is 18.3. The highest BCUT2D eigenvalue weighted by Gasteiger charge is 2.37. The molecule has 134 valence electrons. The number of piperidine rings is 1. The molecule has 1 fully saturated rings. The molecule has 1 saturated heterocycles. The molecule has 0 aliphatic carbocycles. The predicted octanol–water partition coefficient (Wildman–Crippen LogP) is 2.25. The third-order valence-electron chi connectivity index (χ3n) is 3.96. The first-order valence-electron chi connectivity index (χ1n) is 7.79. The fourth-order valence-electron chi connectivity index (χ4n) is 2.80. The molecule has 6 nitrogen and oxygen atoms in total. The maximum Gasteiger partial charge on any atom is 0.406 e. The highest BCUT2D eigenvalue weighted by atomic mass is 19.4. The predicted molar refractivity (Wildman–Crippen MR) is 78.2 cm³/mol. The van der Waals surface area contributed by atoms with Crippen LogP contribution in [0.5, 0.6) is 0 Å². The lowest BCUT2D eigenvalue weighted by Crippen LogP contribution is -2.48. The number of aryl methyl sites for hydroxylation is 1. The van der Waals surface area contributed by atoms with E-state index in [1.54, 1.807) is 6.92 Å². The molecule has 2 heterocycles. The summed E-state index contributed by atoms with van der Waals surface area (Å²) in [5.74, 6) is -1.52. The Morgan fingerprint density at radius 2 is 2.17 bits per heavy atom. The van der Waals surface area contributed by atoms with Crippen LogP contribution in [-0.2, 0) is 4.79 Å². The van der Waals surface area contributed by atoms with E-state index in [1.807, 2.05) is 0 Å². The minimum absolute atomic E-state index is 0.0237. The van der Waals surface area contributed by atoms with E-state index in [-0.39, 0.29) is 18.8 Å². The van der Waals surface area contributed by atoms with E-state index in [0.29, 0.717) is 25.1 Å². The summed E-state index contributed by atoms with van der Waals surface area (Å²) in [5, 5.41) is 3.65. The van der Waals surface area contributed by atoms with E-state index in [1.165, 1.54) is 17.9 Å². The van der Waals surface area contributed by atoms with Gasteiger partial charge in [0.15, 0.2) is 0 Å². The zero-order valence-electron chi connectivity index (χ0n) is 13.6. The number of hydrogen-bond donors (Lipinski definition) is 0. The van der Waals surface area contributed by atoms with Gasteiger partial charge in [0.05, 0.1) is 11.6 Å². The Hall–Kier alpha value is -2.06. The molecule has 0 radical (unpaired) electrons. The topological polar surface area (TPSA) is 66.7 Å². The molecule has 0 spiro atoms. The van der Waals surface area contributed by atoms with E-state index >= 15 is 0 Å². The zero-order valence-corrected chi connectivity index (χ0v) is 13.6. The monoisotopic (exact) mass is 347 g/mol. The van der Waals surface area contributed by atoms with Crippen LogP contribution in [-0.4, -0.2) is 59.1 Å². The molecule has 1 aromatic heterocycles. The molecule has 1 aromatic rings. The molecule has 0 saturated carbocycles. The summed E-state index contributed by atoms with van der Waals surface area (Å²) in [6.07, 6.45) is -3.42. The molecule has 1 atom stereocenters. The van der Waals surface area contributed by atoms with Crippen LogP contribution in [0.4, 0.5) is 13.2 Å². The van der Waals surface area contributed by atoms with Crippen molar-refractivity contribution in [1.82, 2.24) is 15.0 Å². The number of nitrogens with zero attached hydrogens (tertiary/aromatic N) is 3. The van der Waals surface area contributed by atoms with Gasteiger partial charge < -0.3 is 14.3 Å². The first-order valence-corrected chi connectivity index (χ1v) is 7.79. The number of alkyl halides is 3. The van der Waals surface area contributed by atoms with Gasteiger partial charge in [0, 0.05) is 25.7 Å². The third-order valence-corrected chi connectivity index (χ3v) is 3.96. The number of aromatic nitrogens is 1. The summed E-state index contributed by atoms with van der Waals surface area (Å²) in [4.78, 5) is 26.9. The summed E-state index contributed by atoms with van der Waals surface area (Å²) in [6, 6.07) is 1.50. The second kappa shape index (κ2) is 7.23. The maximum absolute atomic E-state index is 12.6. The van der Waals surface area contributed by atoms with Gasteiger partial charge in [-0.25, -0.2) is 0 Å². The molecule has 24 heavy (non-hydrogen) atoms.